The van der Waals surface area contributed by atoms with E-state index in [1.54, 1.807) is 0 Å². The number of rotatable bonds is 6. The van der Waals surface area contributed by atoms with Gasteiger partial charge in [-0.2, -0.15) is 4.48 Å². The lowest BCUT2D eigenvalue weighted by Crippen LogP contribution is -2.50. The number of quaternary nitrogens is 1. The number of hydrogen-bond donors (Lipinski definition) is 1. The molecule has 1 heterocycles. The van der Waals surface area contributed by atoms with E-state index in [1.165, 1.54) is 24.6 Å². The van der Waals surface area contributed by atoms with Gasteiger partial charge in [-0.1, -0.05) is 31.9 Å². The van der Waals surface area contributed by atoms with Crippen LogP contribution in [0.1, 0.15) is 32.6 Å². The topological polar surface area (TPSA) is 55.5 Å². The van der Waals surface area contributed by atoms with Crippen LogP contribution in [-0.2, 0) is 4.79 Å². The van der Waals surface area contributed by atoms with Crippen LogP contribution in [0.3, 0.4) is 0 Å². The van der Waals surface area contributed by atoms with E-state index < -0.39 is 0 Å². The van der Waals surface area contributed by atoms with Gasteiger partial charge in [-0.15, -0.1) is 5.10 Å². The van der Waals surface area contributed by atoms with Gasteiger partial charge in [0, 0.05) is 6.07 Å². The van der Waals surface area contributed by atoms with Crippen molar-refractivity contribution in [2.24, 2.45) is 10.9 Å². The van der Waals surface area contributed by atoms with E-state index >= 15 is 0 Å². The fraction of sp³-hybridized carbons (Fsp3) is 0.429. The van der Waals surface area contributed by atoms with Gasteiger partial charge in [0.15, 0.2) is 5.69 Å². The molecule has 0 spiro atoms. The average molecular weight is 278 g/mol. The minimum atomic E-state index is 0.154. The van der Waals surface area contributed by atoms with E-state index in [0.29, 0.717) is 5.17 Å². The van der Waals surface area contributed by atoms with Crippen molar-refractivity contribution in [1.29, 1.82) is 0 Å². The second kappa shape index (κ2) is 6.21. The Labute approximate surface area is 118 Å². The molecule has 0 aliphatic carbocycles. The number of hydrazone groups is 1. The highest BCUT2D eigenvalue weighted by molar-refractivity contribution is 8.14. The highest BCUT2D eigenvalue weighted by Crippen LogP contribution is 2.44. The van der Waals surface area contributed by atoms with Gasteiger partial charge < -0.3 is 5.84 Å². The number of fused-ring (bicyclic) bond motifs is 1. The maximum atomic E-state index is 11.7. The third-order valence-corrected chi connectivity index (χ3v) is 4.67. The Balaban J connectivity index is 2.28. The van der Waals surface area contributed by atoms with Gasteiger partial charge in [0.1, 0.15) is 0 Å². The quantitative estimate of drug-likeness (QED) is 0.286. The molecule has 102 valence electrons. The summed E-state index contributed by atoms with van der Waals surface area (Å²) in [6.07, 6.45) is 5.49. The SMILES string of the molecule is CCCCCC[N+]1(C=O)C(=NN)Sc2ccccc21. The van der Waals surface area contributed by atoms with Gasteiger partial charge in [0.2, 0.25) is 0 Å². The molecule has 0 bridgehead atoms. The van der Waals surface area contributed by atoms with E-state index in [4.69, 9.17) is 5.84 Å². The summed E-state index contributed by atoms with van der Waals surface area (Å²) in [7, 11) is 0. The predicted octanol–water partition coefficient (Wildman–Crippen LogP) is 3.07. The smallest absolute Gasteiger partial charge is 0.313 e. The zero-order valence-electron chi connectivity index (χ0n) is 11.2. The van der Waals surface area contributed by atoms with E-state index in [-0.39, 0.29) is 4.48 Å². The highest BCUT2D eigenvalue weighted by Gasteiger charge is 2.46. The van der Waals surface area contributed by atoms with Crippen molar-refractivity contribution in [3.05, 3.63) is 24.3 Å². The number of nitrogens with two attached hydrogens (primary N) is 1. The second-order valence-electron chi connectivity index (χ2n) is 4.74. The van der Waals surface area contributed by atoms with Crippen LogP contribution in [0.5, 0.6) is 0 Å². The van der Waals surface area contributed by atoms with Crippen molar-refractivity contribution < 1.29 is 4.79 Å². The summed E-state index contributed by atoms with van der Waals surface area (Å²) in [5.41, 5.74) is 1.00. The monoisotopic (exact) mass is 278 g/mol. The Bertz CT molecular complexity index is 489. The number of thioether (sulfide) groups is 1. The second-order valence-corrected chi connectivity index (χ2v) is 5.75. The number of carbonyl (C=O) groups excluding carboxylic acids is 1. The van der Waals surface area contributed by atoms with Crippen LogP contribution in [0.25, 0.3) is 0 Å². The molecule has 1 aliphatic heterocycles. The number of amidine groups is 1. The summed E-state index contributed by atoms with van der Waals surface area (Å²) in [4.78, 5) is 12.8. The number of nitrogens with zero attached hydrogens (tertiary/aromatic N) is 2. The van der Waals surface area contributed by atoms with Gasteiger partial charge in [-0.3, -0.25) is 0 Å². The maximum absolute atomic E-state index is 11.7. The predicted molar refractivity (Wildman–Crippen MR) is 80.8 cm³/mol. The van der Waals surface area contributed by atoms with Crippen LogP contribution in [-0.4, -0.2) is 18.1 Å². The normalized spacial score (nSPS) is 23.5. The molecule has 0 saturated heterocycles. The molecule has 2 N–H and O–H groups in total. The largest absolute Gasteiger partial charge is 0.317 e. The molecule has 1 atom stereocenters. The maximum Gasteiger partial charge on any atom is 0.313 e. The summed E-state index contributed by atoms with van der Waals surface area (Å²) in [6.45, 7) is 2.92. The summed E-state index contributed by atoms with van der Waals surface area (Å²) in [5.74, 6) is 5.49. The molecule has 19 heavy (non-hydrogen) atoms. The number of unbranched alkanes of at least 4 members (excludes halogenated alkanes) is 3. The molecule has 1 aromatic rings. The molecule has 4 nitrogen and oxygen atoms in total. The first-order valence-electron chi connectivity index (χ1n) is 6.68. The van der Waals surface area contributed by atoms with Crippen LogP contribution in [0.2, 0.25) is 0 Å². The number of carbonyl (C=O) groups is 1. The fourth-order valence-electron chi connectivity index (χ4n) is 2.44. The first-order chi connectivity index (χ1) is 9.28. The van der Waals surface area contributed by atoms with E-state index in [9.17, 15) is 4.79 Å². The van der Waals surface area contributed by atoms with Crippen LogP contribution in [0.15, 0.2) is 34.3 Å². The Hall–Kier alpha value is -1.33. The molecule has 1 aromatic carbocycles. The van der Waals surface area contributed by atoms with Gasteiger partial charge in [0.25, 0.3) is 5.17 Å². The molecule has 1 unspecified atom stereocenters. The summed E-state index contributed by atoms with van der Waals surface area (Å²) in [5, 5.41) is 4.52. The summed E-state index contributed by atoms with van der Waals surface area (Å²) < 4.78 is 0.154. The van der Waals surface area contributed by atoms with E-state index in [2.05, 4.69) is 12.0 Å². The zero-order valence-corrected chi connectivity index (χ0v) is 12.0. The van der Waals surface area contributed by atoms with Gasteiger partial charge in [-0.05, 0) is 30.7 Å². The fourth-order valence-corrected chi connectivity index (χ4v) is 3.57. The van der Waals surface area contributed by atoms with Crippen molar-refractivity contribution in [3.8, 4) is 0 Å². The Morgan fingerprint density at radius 1 is 1.32 bits per heavy atom. The average Bonchev–Trinajstić information content (AvgIpc) is 2.78. The van der Waals surface area contributed by atoms with Crippen molar-refractivity contribution in [1.82, 2.24) is 4.48 Å². The van der Waals surface area contributed by atoms with Gasteiger partial charge in [0.05, 0.1) is 11.4 Å². The molecule has 1 amide bonds. The van der Waals surface area contributed by atoms with Crippen LogP contribution in [0, 0.1) is 0 Å². The Morgan fingerprint density at radius 2 is 2.11 bits per heavy atom. The molecular formula is C14H20N3OS+. The summed E-state index contributed by atoms with van der Waals surface area (Å²) >= 11 is 1.50. The number of amides is 1. The van der Waals surface area contributed by atoms with E-state index in [0.717, 1.165) is 36.4 Å². The Morgan fingerprint density at radius 3 is 2.79 bits per heavy atom. The van der Waals surface area contributed by atoms with Crippen molar-refractivity contribution in [2.45, 2.75) is 37.5 Å². The first kappa shape index (κ1) is 14.1. The number of benzene rings is 1. The minimum Gasteiger partial charge on any atom is -0.317 e. The standard InChI is InChI=1S/C14H20N3OS/c1-2-3-4-7-10-17(11-18)12-8-5-6-9-13(12)19-14(17)16-15/h5-6,8-9,11H,2-4,7,10,15H2,1H3/q+1. The van der Waals surface area contributed by atoms with Crippen LogP contribution >= 0.6 is 11.8 Å². The molecule has 1 aliphatic rings. The third kappa shape index (κ3) is 2.53. The lowest BCUT2D eigenvalue weighted by molar-refractivity contribution is -0.114. The lowest BCUT2D eigenvalue weighted by Gasteiger charge is -2.25. The first-order valence-corrected chi connectivity index (χ1v) is 7.50. The van der Waals surface area contributed by atoms with Crippen molar-refractivity contribution in [3.63, 3.8) is 0 Å². The molecule has 2 rings (SSSR count). The number of para-hydroxylation sites is 1. The molecule has 0 fully saturated rings. The molecule has 5 heteroatoms. The van der Waals surface area contributed by atoms with Gasteiger partial charge >= 0.3 is 6.41 Å². The molecule has 0 saturated carbocycles. The molecule has 0 radical (unpaired) electrons. The Kier molecular flexibility index (Phi) is 4.61. The lowest BCUT2D eigenvalue weighted by atomic mass is 10.1. The zero-order chi connectivity index (χ0) is 13.7. The highest BCUT2D eigenvalue weighted by atomic mass is 32.2. The van der Waals surface area contributed by atoms with Gasteiger partial charge in [-0.25, -0.2) is 4.79 Å². The van der Waals surface area contributed by atoms with E-state index in [1.807, 2.05) is 24.3 Å². The van der Waals surface area contributed by atoms with Crippen LogP contribution < -0.4 is 10.3 Å². The minimum absolute atomic E-state index is 0.154. The van der Waals surface area contributed by atoms with Crippen LogP contribution in [0.4, 0.5) is 5.69 Å². The van der Waals surface area contributed by atoms with Crippen molar-refractivity contribution >= 4 is 29.0 Å². The number of hydrogen-bond acceptors (Lipinski definition) is 4. The molecule has 0 aromatic heterocycles. The summed E-state index contributed by atoms with van der Waals surface area (Å²) in [6, 6.07) is 7.94. The van der Waals surface area contributed by atoms with Crippen molar-refractivity contribution in [2.75, 3.05) is 6.54 Å². The third-order valence-electron chi connectivity index (χ3n) is 3.49. The molecular weight excluding hydrogens is 258 g/mol.